The van der Waals surface area contributed by atoms with E-state index in [-0.39, 0.29) is 11.4 Å². The number of urea groups is 1. The SMILES string of the molecule is Cc1ccc(Cl)cc1-c1ccc(/C=C2/NC(=O)N(CC(=O)Nc3ccccc3F)C2=O)o1. The Balaban J connectivity index is 1.48. The van der Waals surface area contributed by atoms with Gasteiger partial charge in [0.2, 0.25) is 5.91 Å². The molecule has 1 fully saturated rings. The fourth-order valence-corrected chi connectivity index (χ4v) is 3.36. The number of anilines is 1. The largest absolute Gasteiger partial charge is 0.457 e. The van der Waals surface area contributed by atoms with Crippen LogP contribution in [0.5, 0.6) is 0 Å². The minimum atomic E-state index is -0.762. The summed E-state index contributed by atoms with van der Waals surface area (Å²) in [6.45, 7) is 1.35. The summed E-state index contributed by atoms with van der Waals surface area (Å²) in [7, 11) is 0. The topological polar surface area (TPSA) is 91.7 Å². The molecule has 0 saturated carbocycles. The first-order valence-corrected chi connectivity index (χ1v) is 9.95. The molecule has 2 heterocycles. The highest BCUT2D eigenvalue weighted by atomic mass is 35.5. The Labute approximate surface area is 187 Å². The summed E-state index contributed by atoms with van der Waals surface area (Å²) in [5.74, 6) is -1.15. The molecule has 0 bridgehead atoms. The van der Waals surface area contributed by atoms with Crippen LogP contribution < -0.4 is 10.6 Å². The number of para-hydroxylation sites is 1. The Morgan fingerprint density at radius 3 is 2.75 bits per heavy atom. The Morgan fingerprint density at radius 2 is 1.97 bits per heavy atom. The maximum Gasteiger partial charge on any atom is 0.329 e. The van der Waals surface area contributed by atoms with E-state index in [0.29, 0.717) is 16.5 Å². The van der Waals surface area contributed by atoms with Gasteiger partial charge in [-0.3, -0.25) is 9.59 Å². The van der Waals surface area contributed by atoms with Crippen molar-refractivity contribution in [3.05, 3.63) is 82.5 Å². The van der Waals surface area contributed by atoms with Crippen LogP contribution in [-0.2, 0) is 9.59 Å². The molecule has 1 saturated heterocycles. The van der Waals surface area contributed by atoms with Crippen molar-refractivity contribution >= 4 is 41.2 Å². The number of aryl methyl sites for hydroxylation is 1. The number of nitrogens with zero attached hydrogens (tertiary/aromatic N) is 1. The molecule has 4 amide bonds. The second kappa shape index (κ2) is 8.68. The van der Waals surface area contributed by atoms with E-state index in [1.54, 1.807) is 30.3 Å². The lowest BCUT2D eigenvalue weighted by molar-refractivity contribution is -0.127. The number of hydrogen-bond donors (Lipinski definition) is 2. The molecule has 9 heteroatoms. The van der Waals surface area contributed by atoms with Gasteiger partial charge in [-0.2, -0.15) is 0 Å². The summed E-state index contributed by atoms with van der Waals surface area (Å²) in [6.07, 6.45) is 1.37. The quantitative estimate of drug-likeness (QED) is 0.437. The van der Waals surface area contributed by atoms with Crippen LogP contribution in [-0.4, -0.2) is 29.3 Å². The molecule has 2 aromatic carbocycles. The lowest BCUT2D eigenvalue weighted by Crippen LogP contribution is -2.38. The smallest absolute Gasteiger partial charge is 0.329 e. The molecule has 1 aliphatic rings. The molecule has 2 N–H and O–H groups in total. The van der Waals surface area contributed by atoms with Gasteiger partial charge >= 0.3 is 6.03 Å². The highest BCUT2D eigenvalue weighted by molar-refractivity contribution is 6.30. The zero-order chi connectivity index (χ0) is 22.8. The van der Waals surface area contributed by atoms with Gasteiger partial charge in [0.15, 0.2) is 0 Å². The molecule has 162 valence electrons. The fourth-order valence-electron chi connectivity index (χ4n) is 3.19. The van der Waals surface area contributed by atoms with Crippen molar-refractivity contribution in [2.75, 3.05) is 11.9 Å². The molecule has 0 atom stereocenters. The molecule has 0 radical (unpaired) electrons. The van der Waals surface area contributed by atoms with Gasteiger partial charge in [0.25, 0.3) is 5.91 Å². The molecule has 0 spiro atoms. The molecular weight excluding hydrogens is 437 g/mol. The number of amides is 4. The number of rotatable bonds is 5. The van der Waals surface area contributed by atoms with Crippen molar-refractivity contribution in [1.29, 1.82) is 0 Å². The van der Waals surface area contributed by atoms with E-state index in [1.807, 2.05) is 13.0 Å². The Morgan fingerprint density at radius 1 is 1.19 bits per heavy atom. The molecule has 4 rings (SSSR count). The maximum absolute atomic E-state index is 13.7. The third-order valence-corrected chi connectivity index (χ3v) is 5.03. The summed E-state index contributed by atoms with van der Waals surface area (Å²) in [5.41, 5.74) is 1.67. The first-order chi connectivity index (χ1) is 15.3. The van der Waals surface area contributed by atoms with Gasteiger partial charge in [0.1, 0.15) is 29.6 Å². The fraction of sp³-hybridized carbons (Fsp3) is 0.0870. The van der Waals surface area contributed by atoms with Crippen LogP contribution in [0, 0.1) is 12.7 Å². The average molecular weight is 454 g/mol. The van der Waals surface area contributed by atoms with Crippen molar-refractivity contribution in [1.82, 2.24) is 10.2 Å². The molecule has 0 unspecified atom stereocenters. The lowest BCUT2D eigenvalue weighted by atomic mass is 10.1. The predicted molar refractivity (Wildman–Crippen MR) is 117 cm³/mol. The number of nitrogens with one attached hydrogen (secondary N) is 2. The van der Waals surface area contributed by atoms with Gasteiger partial charge in [-0.15, -0.1) is 0 Å². The van der Waals surface area contributed by atoms with Crippen LogP contribution >= 0.6 is 11.6 Å². The number of carbonyl (C=O) groups is 3. The van der Waals surface area contributed by atoms with E-state index < -0.39 is 30.2 Å². The zero-order valence-electron chi connectivity index (χ0n) is 16.8. The van der Waals surface area contributed by atoms with Gasteiger partial charge in [-0.25, -0.2) is 14.1 Å². The van der Waals surface area contributed by atoms with Gasteiger partial charge in [0.05, 0.1) is 5.69 Å². The van der Waals surface area contributed by atoms with Crippen LogP contribution in [0.25, 0.3) is 17.4 Å². The Bertz CT molecular complexity index is 1270. The number of halogens is 2. The third kappa shape index (κ3) is 4.40. The van der Waals surface area contributed by atoms with Crippen LogP contribution in [0.2, 0.25) is 5.02 Å². The highest BCUT2D eigenvalue weighted by Crippen LogP contribution is 2.29. The summed E-state index contributed by atoms with van der Waals surface area (Å²) >= 11 is 6.06. The molecule has 7 nitrogen and oxygen atoms in total. The van der Waals surface area contributed by atoms with Crippen LogP contribution in [0.15, 0.2) is 64.7 Å². The van der Waals surface area contributed by atoms with E-state index in [9.17, 15) is 18.8 Å². The van der Waals surface area contributed by atoms with E-state index >= 15 is 0 Å². The number of benzene rings is 2. The lowest BCUT2D eigenvalue weighted by Gasteiger charge is -2.12. The van der Waals surface area contributed by atoms with Crippen molar-refractivity contribution in [3.8, 4) is 11.3 Å². The van der Waals surface area contributed by atoms with E-state index in [4.69, 9.17) is 16.0 Å². The number of imide groups is 1. The second-order valence-corrected chi connectivity index (χ2v) is 7.51. The monoisotopic (exact) mass is 453 g/mol. The first-order valence-electron chi connectivity index (χ1n) is 9.57. The Hall–Kier alpha value is -3.91. The van der Waals surface area contributed by atoms with E-state index in [2.05, 4.69) is 10.6 Å². The van der Waals surface area contributed by atoms with Crippen molar-refractivity contribution in [2.45, 2.75) is 6.92 Å². The molecule has 1 aromatic heterocycles. The standard InChI is InChI=1S/C23H17ClFN3O4/c1-13-6-7-14(24)10-16(13)20-9-8-15(32-20)11-19-22(30)28(23(31)27-19)12-21(29)26-18-5-3-2-4-17(18)25/h2-11H,12H2,1H3,(H,26,29)(H,27,31)/b19-11+. The summed E-state index contributed by atoms with van der Waals surface area (Å²) in [4.78, 5) is 37.7. The van der Waals surface area contributed by atoms with Crippen LogP contribution in [0.3, 0.4) is 0 Å². The van der Waals surface area contributed by atoms with Gasteiger partial charge in [0, 0.05) is 16.7 Å². The Kier molecular flexibility index (Phi) is 5.79. The second-order valence-electron chi connectivity index (χ2n) is 7.07. The van der Waals surface area contributed by atoms with Crippen molar-refractivity contribution in [2.24, 2.45) is 0 Å². The van der Waals surface area contributed by atoms with E-state index in [1.165, 1.54) is 24.3 Å². The van der Waals surface area contributed by atoms with Crippen molar-refractivity contribution in [3.63, 3.8) is 0 Å². The minimum Gasteiger partial charge on any atom is -0.457 e. The summed E-state index contributed by atoms with van der Waals surface area (Å²) < 4.78 is 19.5. The maximum atomic E-state index is 13.7. The van der Waals surface area contributed by atoms with Crippen LogP contribution in [0.4, 0.5) is 14.9 Å². The first kappa shape index (κ1) is 21.3. The number of furan rings is 1. The number of hydrogen-bond acceptors (Lipinski definition) is 4. The van der Waals surface area contributed by atoms with Gasteiger partial charge < -0.3 is 15.1 Å². The molecule has 32 heavy (non-hydrogen) atoms. The van der Waals surface area contributed by atoms with Gasteiger partial charge in [-0.1, -0.05) is 29.8 Å². The summed E-state index contributed by atoms with van der Waals surface area (Å²) in [5, 5.41) is 5.31. The molecule has 3 aromatic rings. The van der Waals surface area contributed by atoms with Crippen molar-refractivity contribution < 1.29 is 23.2 Å². The third-order valence-electron chi connectivity index (χ3n) is 4.79. The molecular formula is C23H17ClFN3O4. The molecule has 1 aliphatic heterocycles. The predicted octanol–water partition coefficient (Wildman–Crippen LogP) is 4.58. The van der Waals surface area contributed by atoms with Gasteiger partial charge in [-0.05, 0) is 48.9 Å². The zero-order valence-corrected chi connectivity index (χ0v) is 17.6. The summed E-state index contributed by atoms with van der Waals surface area (Å²) in [6, 6.07) is 13.6. The van der Waals surface area contributed by atoms with E-state index in [0.717, 1.165) is 16.0 Å². The molecule has 0 aliphatic carbocycles. The minimum absolute atomic E-state index is 0.0419. The number of carbonyl (C=O) groups excluding carboxylic acids is 3. The van der Waals surface area contributed by atoms with Crippen LogP contribution in [0.1, 0.15) is 11.3 Å². The average Bonchev–Trinajstić information content (AvgIpc) is 3.32. The highest BCUT2D eigenvalue weighted by Gasteiger charge is 2.35. The normalized spacial score (nSPS) is 14.7.